The number of hydrogen-bond donors (Lipinski definition) is 0. The summed E-state index contributed by atoms with van der Waals surface area (Å²) >= 11 is 0. The van der Waals surface area contributed by atoms with E-state index in [4.69, 9.17) is 0 Å². The number of nitrogens with zero attached hydrogens (tertiary/aromatic N) is 2. The van der Waals surface area contributed by atoms with E-state index in [9.17, 15) is 25.0 Å². The predicted molar refractivity (Wildman–Crippen MR) is 106 cm³/mol. The maximum absolute atomic E-state index is 10.8. The fourth-order valence-corrected chi connectivity index (χ4v) is 2.28. The van der Waals surface area contributed by atoms with E-state index in [0.29, 0.717) is 6.42 Å². The van der Waals surface area contributed by atoms with Crippen LogP contribution >= 0.6 is 0 Å². The zero-order valence-electron chi connectivity index (χ0n) is 15.9. The standard InChI is InChI=1S/C20H29N2O5/c1-2-3-4-5-6-7-8-9-10-11-12-13-14-15-16-17-18-20(19-23,21(24)25)22(26)27/h3-4,6-7,9-10,12-13H,2,5,8,11,14-18H2,1H3/b4-3+,7-6+,10-9+,13-12+. The molecule has 27 heavy (non-hydrogen) atoms. The molecule has 0 amide bonds. The molecule has 0 bridgehead atoms. The molecule has 7 nitrogen and oxygen atoms in total. The van der Waals surface area contributed by atoms with Crippen LogP contribution in [0.25, 0.3) is 0 Å². The summed E-state index contributed by atoms with van der Waals surface area (Å²) < 4.78 is 0. The lowest BCUT2D eigenvalue weighted by Gasteiger charge is -2.09. The van der Waals surface area contributed by atoms with Crippen LogP contribution in [0.2, 0.25) is 0 Å². The van der Waals surface area contributed by atoms with Gasteiger partial charge < -0.3 is 0 Å². The topological polar surface area (TPSA) is 103 Å². The Balaban J connectivity index is 3.83. The molecule has 0 aromatic carbocycles. The second-order valence-corrected chi connectivity index (χ2v) is 6.03. The molecule has 0 heterocycles. The first kappa shape index (κ1) is 24.4. The smallest absolute Gasteiger partial charge is 0.273 e. The third-order valence-electron chi connectivity index (χ3n) is 3.88. The summed E-state index contributed by atoms with van der Waals surface area (Å²) in [6.45, 7) is 2.11. The molecule has 0 saturated heterocycles. The third-order valence-corrected chi connectivity index (χ3v) is 3.88. The second-order valence-electron chi connectivity index (χ2n) is 6.03. The molecule has 0 fully saturated rings. The number of hydrogen-bond acceptors (Lipinski definition) is 5. The first-order valence-corrected chi connectivity index (χ1v) is 9.29. The van der Waals surface area contributed by atoms with E-state index < -0.39 is 21.9 Å². The van der Waals surface area contributed by atoms with Crippen molar-refractivity contribution in [2.45, 2.75) is 70.4 Å². The SMILES string of the molecule is CC/C=C/C/C=C/C/C=C/C/C=C/CCCCCC([C]=O)([N+](=O)[O-])[N+](=O)[O-]. The highest BCUT2D eigenvalue weighted by atomic mass is 16.7. The number of nitro groups is 2. The molecular weight excluding hydrogens is 348 g/mol. The van der Waals surface area contributed by atoms with Gasteiger partial charge in [0.1, 0.15) is 9.85 Å². The number of rotatable bonds is 16. The van der Waals surface area contributed by atoms with Crippen molar-refractivity contribution in [2.75, 3.05) is 0 Å². The van der Waals surface area contributed by atoms with Gasteiger partial charge in [-0.25, -0.2) is 0 Å². The quantitative estimate of drug-likeness (QED) is 0.122. The van der Waals surface area contributed by atoms with Gasteiger partial charge in [0.25, 0.3) is 0 Å². The van der Waals surface area contributed by atoms with Crippen molar-refractivity contribution < 1.29 is 14.6 Å². The van der Waals surface area contributed by atoms with Gasteiger partial charge in [0, 0.05) is 0 Å². The molecule has 0 aliphatic heterocycles. The van der Waals surface area contributed by atoms with Crippen LogP contribution in [0, 0.1) is 20.2 Å². The Hall–Kier alpha value is -2.57. The van der Waals surface area contributed by atoms with E-state index in [1.807, 2.05) is 12.2 Å². The summed E-state index contributed by atoms with van der Waals surface area (Å²) in [5, 5.41) is 21.5. The Morgan fingerprint density at radius 2 is 1.26 bits per heavy atom. The van der Waals surface area contributed by atoms with Crippen molar-refractivity contribution in [3.63, 3.8) is 0 Å². The van der Waals surface area contributed by atoms with Crippen LogP contribution in [0.1, 0.15) is 64.7 Å². The van der Waals surface area contributed by atoms with Gasteiger partial charge in [-0.2, -0.15) is 0 Å². The molecule has 0 saturated carbocycles. The van der Waals surface area contributed by atoms with E-state index in [1.165, 1.54) is 0 Å². The van der Waals surface area contributed by atoms with E-state index in [0.717, 1.165) is 44.8 Å². The van der Waals surface area contributed by atoms with Crippen LogP contribution in [0.15, 0.2) is 48.6 Å². The minimum absolute atomic E-state index is 0.241. The average Bonchev–Trinajstić information content (AvgIpc) is 2.64. The summed E-state index contributed by atoms with van der Waals surface area (Å²) in [6, 6.07) is 0. The van der Waals surface area contributed by atoms with Crippen LogP contribution in [0.5, 0.6) is 0 Å². The maximum atomic E-state index is 10.8. The summed E-state index contributed by atoms with van der Waals surface area (Å²) in [5.74, 6) is 0. The second kappa shape index (κ2) is 15.7. The summed E-state index contributed by atoms with van der Waals surface area (Å²) in [6.07, 6.45) is 23.6. The molecule has 0 atom stereocenters. The predicted octanol–water partition coefficient (Wildman–Crippen LogP) is 5.10. The Morgan fingerprint density at radius 1 is 0.778 bits per heavy atom. The largest absolute Gasteiger partial charge is 0.523 e. The number of allylic oxidation sites excluding steroid dienone is 8. The summed E-state index contributed by atoms with van der Waals surface area (Å²) in [7, 11) is 0. The number of unbranched alkanes of at least 4 members (excludes halogenated alkanes) is 3. The first-order valence-electron chi connectivity index (χ1n) is 9.29. The van der Waals surface area contributed by atoms with E-state index in [-0.39, 0.29) is 6.42 Å². The molecule has 0 spiro atoms. The van der Waals surface area contributed by atoms with Crippen molar-refractivity contribution in [1.29, 1.82) is 0 Å². The lowest BCUT2D eigenvalue weighted by atomic mass is 10.0. The number of carbonyl (C=O) groups excluding carboxylic acids is 1. The first-order chi connectivity index (χ1) is 13.0. The molecule has 0 aliphatic carbocycles. The summed E-state index contributed by atoms with van der Waals surface area (Å²) in [5.41, 5.74) is -2.82. The molecule has 0 aromatic heterocycles. The van der Waals surface area contributed by atoms with Gasteiger partial charge in [-0.1, -0.05) is 62.0 Å². The van der Waals surface area contributed by atoms with Crippen molar-refractivity contribution in [2.24, 2.45) is 0 Å². The highest BCUT2D eigenvalue weighted by molar-refractivity contribution is 5.59. The van der Waals surface area contributed by atoms with Crippen molar-refractivity contribution in [3.05, 3.63) is 68.8 Å². The molecule has 0 rings (SSSR count). The van der Waals surface area contributed by atoms with Crippen molar-refractivity contribution in [1.82, 2.24) is 0 Å². The molecule has 1 radical (unpaired) electrons. The zero-order valence-corrected chi connectivity index (χ0v) is 15.9. The van der Waals surface area contributed by atoms with Gasteiger partial charge in [-0.05, 0) is 44.9 Å². The van der Waals surface area contributed by atoms with Crippen molar-refractivity contribution in [3.8, 4) is 0 Å². The third kappa shape index (κ3) is 10.9. The fourth-order valence-electron chi connectivity index (χ4n) is 2.28. The van der Waals surface area contributed by atoms with Crippen LogP contribution in [-0.4, -0.2) is 21.8 Å². The Morgan fingerprint density at radius 3 is 1.70 bits per heavy atom. The molecular formula is C20H29N2O5. The van der Waals surface area contributed by atoms with Crippen molar-refractivity contribution >= 4 is 6.29 Å². The van der Waals surface area contributed by atoms with E-state index in [1.54, 1.807) is 0 Å². The normalized spacial score (nSPS) is 12.6. The maximum Gasteiger partial charge on any atom is 0.523 e. The van der Waals surface area contributed by atoms with Gasteiger partial charge in [0.15, 0.2) is 0 Å². The molecule has 0 aromatic rings. The van der Waals surface area contributed by atoms with Crippen LogP contribution < -0.4 is 0 Å². The fraction of sp³-hybridized carbons (Fsp3) is 0.550. The Labute approximate surface area is 160 Å². The van der Waals surface area contributed by atoms with Gasteiger partial charge >= 0.3 is 11.9 Å². The minimum atomic E-state index is -2.82. The van der Waals surface area contributed by atoms with Crippen LogP contribution in [0.3, 0.4) is 0 Å². The van der Waals surface area contributed by atoms with Gasteiger partial charge in [-0.15, -0.1) is 0 Å². The molecule has 0 aliphatic rings. The molecule has 0 unspecified atom stereocenters. The van der Waals surface area contributed by atoms with E-state index in [2.05, 4.69) is 43.4 Å². The zero-order chi connectivity index (χ0) is 20.4. The lowest BCUT2D eigenvalue weighted by molar-refractivity contribution is -0.772. The van der Waals surface area contributed by atoms with Gasteiger partial charge in [0.2, 0.25) is 0 Å². The Bertz CT molecular complexity index is 551. The molecule has 7 heteroatoms. The molecule has 149 valence electrons. The highest BCUT2D eigenvalue weighted by Crippen LogP contribution is 2.18. The lowest BCUT2D eigenvalue weighted by Crippen LogP contribution is -2.47. The average molecular weight is 377 g/mol. The Kier molecular flexibility index (Phi) is 14.2. The summed E-state index contributed by atoms with van der Waals surface area (Å²) in [4.78, 5) is 29.9. The minimum Gasteiger partial charge on any atom is -0.273 e. The van der Waals surface area contributed by atoms with E-state index >= 15 is 0 Å². The van der Waals surface area contributed by atoms with Gasteiger partial charge in [-0.3, -0.25) is 25.0 Å². The van der Waals surface area contributed by atoms with Gasteiger partial charge in [0.05, 0.1) is 6.42 Å². The van der Waals surface area contributed by atoms with Crippen LogP contribution in [0.4, 0.5) is 0 Å². The monoisotopic (exact) mass is 377 g/mol. The highest BCUT2D eigenvalue weighted by Gasteiger charge is 2.57. The van der Waals surface area contributed by atoms with Crippen LogP contribution in [-0.2, 0) is 4.79 Å². The molecule has 0 N–H and O–H groups in total.